The summed E-state index contributed by atoms with van der Waals surface area (Å²) in [4.78, 5) is 5.67. The van der Waals surface area contributed by atoms with Gasteiger partial charge in [-0.25, -0.2) is 9.50 Å². The fourth-order valence-corrected chi connectivity index (χ4v) is 4.79. The van der Waals surface area contributed by atoms with Gasteiger partial charge >= 0.3 is 0 Å². The van der Waals surface area contributed by atoms with E-state index in [9.17, 15) is 5.11 Å². The Hall–Kier alpha value is -2.44. The van der Waals surface area contributed by atoms with E-state index in [0.29, 0.717) is 0 Å². The summed E-state index contributed by atoms with van der Waals surface area (Å²) in [6.45, 7) is 0. The molecular weight excluding hydrogens is 344 g/mol. The van der Waals surface area contributed by atoms with Gasteiger partial charge in [-0.3, -0.25) is 0 Å². The van der Waals surface area contributed by atoms with Crippen LogP contribution in [0.5, 0.6) is 0 Å². The number of hydrogen-bond donors (Lipinski definition) is 2. The number of aliphatic hydroxyl groups is 1. The Labute approximate surface area is 155 Å². The van der Waals surface area contributed by atoms with Crippen LogP contribution in [-0.2, 0) is 0 Å². The monoisotopic (exact) mass is 364 g/mol. The fraction of sp³-hybridized carbons (Fsp3) is 0.300. The first kappa shape index (κ1) is 15.8. The maximum atomic E-state index is 9.88. The highest BCUT2D eigenvalue weighted by Crippen LogP contribution is 2.33. The molecule has 6 heteroatoms. The molecule has 5 nitrogen and oxygen atoms in total. The predicted molar refractivity (Wildman–Crippen MR) is 106 cm³/mol. The van der Waals surface area contributed by atoms with Crippen molar-refractivity contribution in [2.24, 2.45) is 0 Å². The van der Waals surface area contributed by atoms with Crippen LogP contribution in [0.4, 0.5) is 5.82 Å². The Kier molecular flexibility index (Phi) is 3.87. The zero-order chi connectivity index (χ0) is 17.5. The molecule has 1 saturated carbocycles. The van der Waals surface area contributed by atoms with Crippen LogP contribution in [-0.4, -0.2) is 31.9 Å². The molecule has 1 aliphatic carbocycles. The van der Waals surface area contributed by atoms with Gasteiger partial charge in [-0.2, -0.15) is 0 Å². The third-order valence-electron chi connectivity index (χ3n) is 5.04. The molecule has 0 amide bonds. The highest BCUT2D eigenvalue weighted by Gasteiger charge is 2.20. The predicted octanol–water partition coefficient (Wildman–Crippen LogP) is 4.33. The number of anilines is 1. The van der Waals surface area contributed by atoms with E-state index in [1.807, 2.05) is 22.8 Å². The van der Waals surface area contributed by atoms with Gasteiger partial charge in [0.05, 0.1) is 17.2 Å². The van der Waals surface area contributed by atoms with Crippen LogP contribution in [0.25, 0.3) is 26.3 Å². The maximum Gasteiger partial charge on any atom is 0.154 e. The van der Waals surface area contributed by atoms with E-state index in [-0.39, 0.29) is 12.1 Å². The van der Waals surface area contributed by atoms with E-state index >= 15 is 0 Å². The van der Waals surface area contributed by atoms with E-state index in [2.05, 4.69) is 40.6 Å². The normalized spacial score (nSPS) is 20.7. The second-order valence-electron chi connectivity index (χ2n) is 6.94. The zero-order valence-corrected chi connectivity index (χ0v) is 15.1. The van der Waals surface area contributed by atoms with E-state index in [4.69, 9.17) is 5.10 Å². The maximum absolute atomic E-state index is 9.88. The average molecular weight is 364 g/mol. The molecule has 2 N–H and O–H groups in total. The van der Waals surface area contributed by atoms with Gasteiger partial charge in [-0.15, -0.1) is 16.4 Å². The molecule has 3 heterocycles. The smallest absolute Gasteiger partial charge is 0.154 e. The number of rotatable bonds is 3. The third kappa shape index (κ3) is 2.85. The van der Waals surface area contributed by atoms with Gasteiger partial charge in [0.1, 0.15) is 11.5 Å². The van der Waals surface area contributed by atoms with Crippen LogP contribution in [0.3, 0.4) is 0 Å². The minimum absolute atomic E-state index is 0.202. The topological polar surface area (TPSA) is 62.5 Å². The molecule has 1 aromatic carbocycles. The summed E-state index contributed by atoms with van der Waals surface area (Å²) >= 11 is 1.76. The largest absolute Gasteiger partial charge is 0.393 e. The van der Waals surface area contributed by atoms with Crippen LogP contribution < -0.4 is 5.32 Å². The fourth-order valence-electron chi connectivity index (χ4n) is 3.73. The number of benzene rings is 1. The number of nitrogens with one attached hydrogen (secondary N) is 1. The van der Waals surface area contributed by atoms with Gasteiger partial charge in [0.25, 0.3) is 0 Å². The van der Waals surface area contributed by atoms with Crippen molar-refractivity contribution in [1.82, 2.24) is 14.6 Å². The van der Waals surface area contributed by atoms with Crippen molar-refractivity contribution in [3.63, 3.8) is 0 Å². The number of thiophene rings is 1. The first-order chi connectivity index (χ1) is 12.8. The lowest BCUT2D eigenvalue weighted by Crippen LogP contribution is -2.30. The Morgan fingerprint density at radius 2 is 2.08 bits per heavy atom. The van der Waals surface area contributed by atoms with Crippen molar-refractivity contribution in [3.8, 4) is 10.6 Å². The molecule has 0 spiro atoms. The number of fused-ring (bicyclic) bond motifs is 2. The quantitative estimate of drug-likeness (QED) is 0.568. The van der Waals surface area contributed by atoms with Crippen LogP contribution in [0.15, 0.2) is 48.7 Å². The summed E-state index contributed by atoms with van der Waals surface area (Å²) in [6, 6.07) is 14.8. The van der Waals surface area contributed by atoms with Crippen LogP contribution in [0, 0.1) is 0 Å². The molecule has 0 saturated heterocycles. The van der Waals surface area contributed by atoms with Crippen LogP contribution >= 0.6 is 11.3 Å². The highest BCUT2D eigenvalue weighted by molar-refractivity contribution is 7.22. The Morgan fingerprint density at radius 3 is 2.96 bits per heavy atom. The SMILES string of the molecule is O[C@@H]1CCC[C@H](Nc2ccc3ncc(-c4cc5ccccc5s4)n3n2)C1. The molecule has 4 aromatic rings. The van der Waals surface area contributed by atoms with Crippen molar-refractivity contribution in [2.75, 3.05) is 5.32 Å². The molecular formula is C20H20N4OS. The van der Waals surface area contributed by atoms with Gasteiger partial charge in [0.15, 0.2) is 5.65 Å². The van der Waals surface area contributed by atoms with E-state index in [1.165, 1.54) is 10.1 Å². The molecule has 2 atom stereocenters. The van der Waals surface area contributed by atoms with E-state index in [0.717, 1.165) is 47.7 Å². The summed E-state index contributed by atoms with van der Waals surface area (Å²) in [5.74, 6) is 0.831. The lowest BCUT2D eigenvalue weighted by Gasteiger charge is -2.26. The zero-order valence-electron chi connectivity index (χ0n) is 14.3. The highest BCUT2D eigenvalue weighted by atomic mass is 32.1. The van der Waals surface area contributed by atoms with Gasteiger partial charge in [0.2, 0.25) is 0 Å². The van der Waals surface area contributed by atoms with Crippen LogP contribution in [0.2, 0.25) is 0 Å². The summed E-state index contributed by atoms with van der Waals surface area (Å²) in [7, 11) is 0. The average Bonchev–Trinajstić information content (AvgIpc) is 3.25. The van der Waals surface area contributed by atoms with E-state index < -0.39 is 0 Å². The minimum Gasteiger partial charge on any atom is -0.393 e. The lowest BCUT2D eigenvalue weighted by atomic mass is 9.93. The summed E-state index contributed by atoms with van der Waals surface area (Å²) in [5, 5.41) is 19.4. The molecule has 3 aromatic heterocycles. The molecule has 5 rings (SSSR count). The first-order valence-corrected chi connectivity index (χ1v) is 9.86. The number of hydrogen-bond acceptors (Lipinski definition) is 5. The molecule has 0 radical (unpaired) electrons. The van der Waals surface area contributed by atoms with Crippen LogP contribution in [0.1, 0.15) is 25.7 Å². The van der Waals surface area contributed by atoms with Gasteiger partial charge in [-0.05, 0) is 55.3 Å². The Bertz CT molecular complexity index is 1040. The molecule has 26 heavy (non-hydrogen) atoms. The number of imidazole rings is 1. The van der Waals surface area contributed by atoms with Gasteiger partial charge in [0, 0.05) is 10.7 Å². The Balaban J connectivity index is 1.50. The molecule has 1 aliphatic rings. The van der Waals surface area contributed by atoms with E-state index in [1.54, 1.807) is 11.3 Å². The summed E-state index contributed by atoms with van der Waals surface area (Å²) in [6.07, 6.45) is 5.51. The second kappa shape index (κ2) is 6.37. The summed E-state index contributed by atoms with van der Waals surface area (Å²) in [5.41, 5.74) is 1.85. The van der Waals surface area contributed by atoms with Crippen molar-refractivity contribution < 1.29 is 5.11 Å². The second-order valence-corrected chi connectivity index (χ2v) is 8.03. The van der Waals surface area contributed by atoms with Crippen molar-refractivity contribution >= 4 is 32.9 Å². The lowest BCUT2D eigenvalue weighted by molar-refractivity contribution is 0.124. The third-order valence-corrected chi connectivity index (χ3v) is 6.18. The Morgan fingerprint density at radius 1 is 1.15 bits per heavy atom. The summed E-state index contributed by atoms with van der Waals surface area (Å²) < 4.78 is 3.18. The first-order valence-electron chi connectivity index (χ1n) is 9.04. The minimum atomic E-state index is -0.202. The molecule has 1 fully saturated rings. The standard InChI is InChI=1S/C20H20N4OS/c25-15-6-3-5-14(11-15)22-19-8-9-20-21-12-16(24(20)23-19)18-10-13-4-1-2-7-17(13)26-18/h1-2,4,7-10,12,14-15,25H,3,5-6,11H2,(H,22,23)/t14-,15+/m0/s1. The van der Waals surface area contributed by atoms with Crippen molar-refractivity contribution in [3.05, 3.63) is 48.7 Å². The molecule has 0 aliphatic heterocycles. The number of aromatic nitrogens is 3. The molecule has 132 valence electrons. The number of aliphatic hydroxyl groups excluding tert-OH is 1. The molecule has 0 unspecified atom stereocenters. The number of nitrogens with zero attached hydrogens (tertiary/aromatic N) is 3. The van der Waals surface area contributed by atoms with Gasteiger partial charge < -0.3 is 10.4 Å². The van der Waals surface area contributed by atoms with Crippen molar-refractivity contribution in [1.29, 1.82) is 0 Å². The van der Waals surface area contributed by atoms with Gasteiger partial charge in [-0.1, -0.05) is 18.2 Å². The van der Waals surface area contributed by atoms with Crippen molar-refractivity contribution in [2.45, 2.75) is 37.8 Å². The molecule has 0 bridgehead atoms.